The third kappa shape index (κ3) is 1.31. The van der Waals surface area contributed by atoms with E-state index in [0.717, 1.165) is 5.56 Å². The van der Waals surface area contributed by atoms with Crippen LogP contribution in [0, 0.1) is 0 Å². The van der Waals surface area contributed by atoms with Crippen LogP contribution >= 0.6 is 0 Å². The molecule has 1 heterocycles. The molecule has 1 aromatic carbocycles. The first-order chi connectivity index (χ1) is 6.33. The second-order valence-electron chi connectivity index (χ2n) is 3.07. The van der Waals surface area contributed by atoms with Crippen LogP contribution in [-0.4, -0.2) is 24.3 Å². The van der Waals surface area contributed by atoms with Gasteiger partial charge in [0, 0.05) is 5.92 Å². The third-order valence-corrected chi connectivity index (χ3v) is 2.26. The van der Waals surface area contributed by atoms with Crippen LogP contribution in [0.15, 0.2) is 24.3 Å². The lowest BCUT2D eigenvalue weighted by Gasteiger charge is -2.22. The Morgan fingerprint density at radius 3 is 3.00 bits per heavy atom. The van der Waals surface area contributed by atoms with E-state index in [4.69, 9.17) is 9.84 Å². The van der Waals surface area contributed by atoms with Gasteiger partial charge >= 0.3 is 5.97 Å². The van der Waals surface area contributed by atoms with Crippen molar-refractivity contribution in [1.82, 2.24) is 0 Å². The number of hydrogen-bond donors (Lipinski definition) is 1. The van der Waals surface area contributed by atoms with Crippen molar-refractivity contribution in [3.63, 3.8) is 0 Å². The van der Waals surface area contributed by atoms with Crippen molar-refractivity contribution in [2.75, 3.05) is 13.2 Å². The van der Waals surface area contributed by atoms with E-state index >= 15 is 0 Å². The van der Waals surface area contributed by atoms with Gasteiger partial charge < -0.3 is 9.84 Å². The molecule has 0 aromatic heterocycles. The van der Waals surface area contributed by atoms with E-state index < -0.39 is 0 Å². The molecule has 0 saturated heterocycles. The first-order valence-corrected chi connectivity index (χ1v) is 4.20. The fraction of sp³-hybridized carbons (Fsp3) is 0.300. The highest BCUT2D eigenvalue weighted by atomic mass is 16.5. The Hall–Kier alpha value is -1.35. The minimum Gasteiger partial charge on any atom is -0.461 e. The number of fused-ring (bicyclic) bond motifs is 1. The van der Waals surface area contributed by atoms with Crippen LogP contribution < -0.4 is 0 Å². The number of ether oxygens (including phenoxy) is 1. The Morgan fingerprint density at radius 1 is 1.46 bits per heavy atom. The summed E-state index contributed by atoms with van der Waals surface area (Å²) in [5.74, 6) is -0.353. The van der Waals surface area contributed by atoms with Crippen LogP contribution in [0.1, 0.15) is 21.8 Å². The van der Waals surface area contributed by atoms with Crippen molar-refractivity contribution in [3.8, 4) is 0 Å². The lowest BCUT2D eigenvalue weighted by atomic mass is 9.93. The summed E-state index contributed by atoms with van der Waals surface area (Å²) >= 11 is 0. The van der Waals surface area contributed by atoms with Crippen LogP contribution in [0.3, 0.4) is 0 Å². The highest BCUT2D eigenvalue weighted by Crippen LogP contribution is 2.25. The number of carbonyl (C=O) groups is 1. The Morgan fingerprint density at radius 2 is 2.23 bits per heavy atom. The summed E-state index contributed by atoms with van der Waals surface area (Å²) in [5.41, 5.74) is 1.47. The number of hydrogen-bond acceptors (Lipinski definition) is 3. The first-order valence-electron chi connectivity index (χ1n) is 4.20. The van der Waals surface area contributed by atoms with Crippen LogP contribution in [0.5, 0.6) is 0 Å². The summed E-state index contributed by atoms with van der Waals surface area (Å²) in [6.07, 6.45) is 0. The molecule has 1 atom stereocenters. The molecule has 2 rings (SSSR count). The van der Waals surface area contributed by atoms with Crippen LogP contribution in [-0.2, 0) is 4.74 Å². The average Bonchev–Trinajstić information content (AvgIpc) is 2.19. The van der Waals surface area contributed by atoms with Crippen molar-refractivity contribution in [3.05, 3.63) is 35.4 Å². The van der Waals surface area contributed by atoms with E-state index in [1.807, 2.05) is 12.1 Å². The topological polar surface area (TPSA) is 46.5 Å². The van der Waals surface area contributed by atoms with Gasteiger partial charge in [0.2, 0.25) is 0 Å². The van der Waals surface area contributed by atoms with E-state index in [0.29, 0.717) is 5.56 Å². The molecule has 0 amide bonds. The number of aliphatic hydroxyl groups excluding tert-OH is 1. The van der Waals surface area contributed by atoms with Gasteiger partial charge in [-0.1, -0.05) is 18.2 Å². The Kier molecular flexibility index (Phi) is 2.02. The lowest BCUT2D eigenvalue weighted by molar-refractivity contribution is 0.0404. The molecule has 1 aromatic rings. The van der Waals surface area contributed by atoms with E-state index in [1.165, 1.54) is 0 Å². The van der Waals surface area contributed by atoms with Crippen molar-refractivity contribution < 1.29 is 14.6 Å². The maximum Gasteiger partial charge on any atom is 0.338 e. The SMILES string of the molecule is O=C1OCC(CO)c2ccccc21. The number of cyclic esters (lactones) is 1. The number of carbonyl (C=O) groups excluding carboxylic acids is 1. The summed E-state index contributed by atoms with van der Waals surface area (Å²) in [6.45, 7) is 0.302. The molecule has 3 heteroatoms. The largest absolute Gasteiger partial charge is 0.461 e. The molecule has 0 aliphatic carbocycles. The minimum absolute atomic E-state index is 0.0181. The Balaban J connectivity index is 2.47. The second-order valence-corrected chi connectivity index (χ2v) is 3.07. The molecule has 1 aliphatic rings. The van der Waals surface area contributed by atoms with Gasteiger partial charge in [0.25, 0.3) is 0 Å². The zero-order valence-electron chi connectivity index (χ0n) is 7.06. The zero-order chi connectivity index (χ0) is 9.26. The van der Waals surface area contributed by atoms with E-state index in [9.17, 15) is 4.79 Å². The lowest BCUT2D eigenvalue weighted by Crippen LogP contribution is -2.24. The summed E-state index contributed by atoms with van der Waals surface area (Å²) < 4.78 is 4.91. The molecule has 0 spiro atoms. The molecule has 13 heavy (non-hydrogen) atoms. The van der Waals surface area contributed by atoms with Gasteiger partial charge in [0.05, 0.1) is 12.2 Å². The molecule has 1 aliphatic heterocycles. The maximum absolute atomic E-state index is 11.2. The average molecular weight is 178 g/mol. The van der Waals surface area contributed by atoms with Gasteiger partial charge in [-0.25, -0.2) is 4.79 Å². The fourth-order valence-corrected chi connectivity index (χ4v) is 1.53. The molecule has 1 N–H and O–H groups in total. The van der Waals surface area contributed by atoms with E-state index in [1.54, 1.807) is 12.1 Å². The predicted molar refractivity (Wildman–Crippen MR) is 46.6 cm³/mol. The molecule has 1 unspecified atom stereocenters. The van der Waals surface area contributed by atoms with Crippen molar-refractivity contribution in [1.29, 1.82) is 0 Å². The zero-order valence-corrected chi connectivity index (χ0v) is 7.06. The van der Waals surface area contributed by atoms with Gasteiger partial charge in [0.1, 0.15) is 6.61 Å². The molecule has 0 radical (unpaired) electrons. The van der Waals surface area contributed by atoms with E-state index in [2.05, 4.69) is 0 Å². The molecule has 0 saturated carbocycles. The van der Waals surface area contributed by atoms with Gasteiger partial charge in [-0.15, -0.1) is 0 Å². The summed E-state index contributed by atoms with van der Waals surface area (Å²) in [7, 11) is 0. The minimum atomic E-state index is -0.291. The Labute approximate surface area is 76.0 Å². The molecule has 3 nitrogen and oxygen atoms in total. The molecular formula is C10H10O3. The summed E-state index contributed by atoms with van der Waals surface area (Å²) in [5, 5.41) is 9.03. The summed E-state index contributed by atoms with van der Waals surface area (Å²) in [4.78, 5) is 11.2. The van der Waals surface area contributed by atoms with Gasteiger partial charge in [0.15, 0.2) is 0 Å². The third-order valence-electron chi connectivity index (χ3n) is 2.26. The van der Waals surface area contributed by atoms with Crippen molar-refractivity contribution in [2.24, 2.45) is 0 Å². The monoisotopic (exact) mass is 178 g/mol. The standard InChI is InChI=1S/C10H10O3/c11-5-7-6-13-10(12)9-4-2-1-3-8(7)9/h1-4,7,11H,5-6H2. The van der Waals surface area contributed by atoms with Crippen LogP contribution in [0.25, 0.3) is 0 Å². The van der Waals surface area contributed by atoms with Gasteiger partial charge in [-0.2, -0.15) is 0 Å². The van der Waals surface area contributed by atoms with Crippen LogP contribution in [0.2, 0.25) is 0 Å². The second kappa shape index (κ2) is 3.18. The predicted octanol–water partition coefficient (Wildman–Crippen LogP) is 0.933. The maximum atomic E-state index is 11.2. The van der Waals surface area contributed by atoms with E-state index in [-0.39, 0.29) is 25.1 Å². The van der Waals surface area contributed by atoms with Crippen LogP contribution in [0.4, 0.5) is 0 Å². The molecule has 0 fully saturated rings. The number of rotatable bonds is 1. The Bertz CT molecular complexity index is 333. The number of benzene rings is 1. The molecule has 68 valence electrons. The highest BCUT2D eigenvalue weighted by molar-refractivity contribution is 5.92. The van der Waals surface area contributed by atoms with Crippen molar-refractivity contribution >= 4 is 5.97 Å². The normalized spacial score (nSPS) is 20.7. The van der Waals surface area contributed by atoms with Gasteiger partial charge in [-0.05, 0) is 11.6 Å². The number of esters is 1. The fourth-order valence-electron chi connectivity index (χ4n) is 1.53. The smallest absolute Gasteiger partial charge is 0.338 e. The molecule has 0 bridgehead atoms. The molecular weight excluding hydrogens is 168 g/mol. The first kappa shape index (κ1) is 8.26. The highest BCUT2D eigenvalue weighted by Gasteiger charge is 2.25. The summed E-state index contributed by atoms with van der Waals surface area (Å²) in [6, 6.07) is 7.23. The quantitative estimate of drug-likeness (QED) is 0.651. The number of aliphatic hydroxyl groups is 1. The van der Waals surface area contributed by atoms with Gasteiger partial charge in [-0.3, -0.25) is 0 Å². The van der Waals surface area contributed by atoms with Crippen molar-refractivity contribution in [2.45, 2.75) is 5.92 Å².